The molecule has 0 aromatic carbocycles. The summed E-state index contributed by atoms with van der Waals surface area (Å²) in [6, 6.07) is 1.91. The van der Waals surface area contributed by atoms with Gasteiger partial charge in [-0.25, -0.2) is 9.97 Å². The number of nitrogens with one attached hydrogen (secondary N) is 1. The number of nitrogens with zero attached hydrogens (tertiary/aromatic N) is 4. The van der Waals surface area contributed by atoms with Gasteiger partial charge in [-0.2, -0.15) is 0 Å². The molecule has 27 heavy (non-hydrogen) atoms. The fourth-order valence-electron chi connectivity index (χ4n) is 3.53. The van der Waals surface area contributed by atoms with Crippen molar-refractivity contribution in [2.45, 2.75) is 32.3 Å². The van der Waals surface area contributed by atoms with Gasteiger partial charge < -0.3 is 19.3 Å². The lowest BCUT2D eigenvalue weighted by atomic mass is 10.1. The third-order valence-electron chi connectivity index (χ3n) is 4.98. The Labute approximate surface area is 159 Å². The SMILES string of the molecule is Cc1cc(-c2cnc(NCCCN3CCOCC3)nc2C2CCCO2)on1. The highest BCUT2D eigenvalue weighted by Gasteiger charge is 2.25. The van der Waals surface area contributed by atoms with Crippen LogP contribution in [0.1, 0.15) is 36.8 Å². The average molecular weight is 373 g/mol. The lowest BCUT2D eigenvalue weighted by Crippen LogP contribution is -2.37. The average Bonchev–Trinajstić information content (AvgIpc) is 3.38. The van der Waals surface area contributed by atoms with E-state index in [0.29, 0.717) is 11.7 Å². The molecule has 8 nitrogen and oxygen atoms in total. The van der Waals surface area contributed by atoms with Crippen molar-refractivity contribution in [3.63, 3.8) is 0 Å². The second kappa shape index (κ2) is 8.77. The molecule has 4 heterocycles. The minimum atomic E-state index is -0.0118. The van der Waals surface area contributed by atoms with Crippen LogP contribution in [-0.4, -0.2) is 66.0 Å². The van der Waals surface area contributed by atoms with Crippen molar-refractivity contribution >= 4 is 5.95 Å². The van der Waals surface area contributed by atoms with Crippen LogP contribution in [0.4, 0.5) is 5.95 Å². The zero-order valence-electron chi connectivity index (χ0n) is 15.8. The van der Waals surface area contributed by atoms with E-state index >= 15 is 0 Å². The Morgan fingerprint density at radius 1 is 1.26 bits per heavy atom. The predicted octanol–water partition coefficient (Wildman–Crippen LogP) is 2.43. The van der Waals surface area contributed by atoms with Gasteiger partial charge in [0.25, 0.3) is 0 Å². The number of hydrogen-bond acceptors (Lipinski definition) is 8. The minimum absolute atomic E-state index is 0.0118. The van der Waals surface area contributed by atoms with E-state index in [-0.39, 0.29) is 6.10 Å². The third-order valence-corrected chi connectivity index (χ3v) is 4.98. The van der Waals surface area contributed by atoms with Gasteiger partial charge in [-0.15, -0.1) is 0 Å². The van der Waals surface area contributed by atoms with Gasteiger partial charge in [-0.3, -0.25) is 4.90 Å². The molecule has 0 bridgehead atoms. The van der Waals surface area contributed by atoms with Crippen LogP contribution in [-0.2, 0) is 9.47 Å². The highest BCUT2D eigenvalue weighted by Crippen LogP contribution is 2.34. The lowest BCUT2D eigenvalue weighted by Gasteiger charge is -2.26. The summed E-state index contributed by atoms with van der Waals surface area (Å²) in [5, 5.41) is 7.34. The highest BCUT2D eigenvalue weighted by atomic mass is 16.5. The number of aryl methyl sites for hydroxylation is 1. The van der Waals surface area contributed by atoms with Crippen LogP contribution in [0.2, 0.25) is 0 Å². The molecule has 8 heteroatoms. The Bertz CT molecular complexity index is 739. The first kappa shape index (κ1) is 18.3. The van der Waals surface area contributed by atoms with Gasteiger partial charge >= 0.3 is 0 Å². The van der Waals surface area contributed by atoms with Crippen molar-refractivity contribution in [1.82, 2.24) is 20.0 Å². The monoisotopic (exact) mass is 373 g/mol. The number of aromatic nitrogens is 3. The van der Waals surface area contributed by atoms with Crippen molar-refractivity contribution < 1.29 is 14.0 Å². The van der Waals surface area contributed by atoms with E-state index in [1.54, 1.807) is 0 Å². The van der Waals surface area contributed by atoms with Crippen molar-refractivity contribution in [2.24, 2.45) is 0 Å². The predicted molar refractivity (Wildman–Crippen MR) is 101 cm³/mol. The summed E-state index contributed by atoms with van der Waals surface area (Å²) in [5.41, 5.74) is 2.59. The molecule has 146 valence electrons. The molecular formula is C19H27N5O3. The maximum absolute atomic E-state index is 5.87. The molecule has 1 atom stereocenters. The van der Waals surface area contributed by atoms with Crippen molar-refractivity contribution in [3.8, 4) is 11.3 Å². The topological polar surface area (TPSA) is 85.5 Å². The van der Waals surface area contributed by atoms with Crippen LogP contribution < -0.4 is 5.32 Å². The van der Waals surface area contributed by atoms with Gasteiger partial charge in [0, 0.05) is 38.5 Å². The molecule has 2 aliphatic heterocycles. The van der Waals surface area contributed by atoms with Crippen molar-refractivity contribution in [3.05, 3.63) is 23.7 Å². The van der Waals surface area contributed by atoms with E-state index in [9.17, 15) is 0 Å². The van der Waals surface area contributed by atoms with Crippen molar-refractivity contribution in [1.29, 1.82) is 0 Å². The van der Waals surface area contributed by atoms with Crippen molar-refractivity contribution in [2.75, 3.05) is 51.3 Å². The van der Waals surface area contributed by atoms with Crippen LogP contribution >= 0.6 is 0 Å². The summed E-state index contributed by atoms with van der Waals surface area (Å²) in [5.74, 6) is 1.33. The zero-order valence-corrected chi connectivity index (χ0v) is 15.8. The Morgan fingerprint density at radius 2 is 2.15 bits per heavy atom. The summed E-state index contributed by atoms with van der Waals surface area (Å²) in [6.45, 7) is 8.28. The number of morpholine rings is 1. The van der Waals surface area contributed by atoms with Gasteiger partial charge in [-0.1, -0.05) is 5.16 Å². The molecule has 2 saturated heterocycles. The van der Waals surface area contributed by atoms with Gasteiger partial charge in [0.15, 0.2) is 5.76 Å². The van der Waals surface area contributed by atoms with Gasteiger partial charge in [-0.05, 0) is 32.7 Å². The van der Waals surface area contributed by atoms with Crippen LogP contribution in [0.3, 0.4) is 0 Å². The Balaban J connectivity index is 1.41. The maximum atomic E-state index is 5.87. The number of ether oxygens (including phenoxy) is 2. The second-order valence-corrected chi connectivity index (χ2v) is 7.06. The van der Waals surface area contributed by atoms with Crippen LogP contribution in [0.5, 0.6) is 0 Å². The van der Waals surface area contributed by atoms with E-state index in [1.807, 2.05) is 19.2 Å². The van der Waals surface area contributed by atoms with Crippen LogP contribution in [0.25, 0.3) is 11.3 Å². The summed E-state index contributed by atoms with van der Waals surface area (Å²) in [6.07, 6.45) is 4.86. The highest BCUT2D eigenvalue weighted by molar-refractivity contribution is 5.61. The Morgan fingerprint density at radius 3 is 2.89 bits per heavy atom. The maximum Gasteiger partial charge on any atom is 0.222 e. The molecule has 1 N–H and O–H groups in total. The van der Waals surface area contributed by atoms with Gasteiger partial charge in [0.1, 0.15) is 6.10 Å². The first-order chi connectivity index (χ1) is 13.3. The molecule has 0 aliphatic carbocycles. The summed E-state index contributed by atoms with van der Waals surface area (Å²) in [4.78, 5) is 11.7. The van der Waals surface area contributed by atoms with Gasteiger partial charge in [0.2, 0.25) is 5.95 Å². The van der Waals surface area contributed by atoms with Crippen LogP contribution in [0.15, 0.2) is 16.8 Å². The third kappa shape index (κ3) is 4.63. The summed E-state index contributed by atoms with van der Waals surface area (Å²) in [7, 11) is 0. The fraction of sp³-hybridized carbons (Fsp3) is 0.632. The smallest absolute Gasteiger partial charge is 0.222 e. The number of hydrogen-bond donors (Lipinski definition) is 1. The second-order valence-electron chi connectivity index (χ2n) is 7.06. The van der Waals surface area contributed by atoms with E-state index in [2.05, 4.69) is 20.4 Å². The fourth-order valence-corrected chi connectivity index (χ4v) is 3.53. The largest absolute Gasteiger partial charge is 0.379 e. The molecule has 2 aromatic rings. The Kier molecular flexibility index (Phi) is 5.96. The Hall–Kier alpha value is -2.03. The first-order valence-electron chi connectivity index (χ1n) is 9.76. The van der Waals surface area contributed by atoms with E-state index in [4.69, 9.17) is 19.0 Å². The molecule has 2 aromatic heterocycles. The summed E-state index contributed by atoms with van der Waals surface area (Å²) >= 11 is 0. The quantitative estimate of drug-likeness (QED) is 0.741. The first-order valence-corrected chi connectivity index (χ1v) is 9.76. The molecule has 1 unspecified atom stereocenters. The van der Waals surface area contributed by atoms with Gasteiger partial charge in [0.05, 0.1) is 30.2 Å². The van der Waals surface area contributed by atoms with E-state index < -0.39 is 0 Å². The minimum Gasteiger partial charge on any atom is -0.379 e. The standard InChI is InChI=1S/C19H27N5O3/c1-14-12-17(27-23-14)15-13-21-19(22-18(15)16-4-2-9-26-16)20-5-3-6-24-7-10-25-11-8-24/h12-13,16H,2-11H2,1H3,(H,20,21,22). The molecule has 0 radical (unpaired) electrons. The molecule has 0 amide bonds. The number of anilines is 1. The molecule has 4 rings (SSSR count). The number of rotatable bonds is 7. The van der Waals surface area contributed by atoms with Crippen LogP contribution in [0, 0.1) is 6.92 Å². The molecule has 2 aliphatic rings. The van der Waals surface area contributed by atoms with E-state index in [1.165, 1.54) is 0 Å². The van der Waals surface area contributed by atoms with E-state index in [0.717, 1.165) is 82.2 Å². The normalized spacial score (nSPS) is 20.9. The molecule has 0 saturated carbocycles. The molecular weight excluding hydrogens is 346 g/mol. The molecule has 2 fully saturated rings. The summed E-state index contributed by atoms with van der Waals surface area (Å²) < 4.78 is 16.7. The lowest BCUT2D eigenvalue weighted by molar-refractivity contribution is 0.0378. The molecule has 0 spiro atoms. The zero-order chi connectivity index (χ0) is 18.5.